The highest BCUT2D eigenvalue weighted by Crippen LogP contribution is 2.19. The number of nitrogens with one attached hydrogen (secondary N) is 1. The van der Waals surface area contributed by atoms with Gasteiger partial charge in [-0.2, -0.15) is 0 Å². The summed E-state index contributed by atoms with van der Waals surface area (Å²) in [5.41, 5.74) is 5.94. The van der Waals surface area contributed by atoms with Crippen LogP contribution in [-0.4, -0.2) is 20.7 Å². The standard InChI is InChI=1S/C32H25N3O3/c36-32(24-11-9-22(10-12-24)19-37-21-31-34-29-7-3-4-8-30(29)35-31)25-14-17-27(18-15-25)38-20-26-16-13-23-5-1-2-6-28(23)33-26/h1-18H,19-21H2,(H,34,35). The van der Waals surface area contributed by atoms with Gasteiger partial charge in [-0.25, -0.2) is 9.97 Å². The van der Waals surface area contributed by atoms with Gasteiger partial charge in [0.2, 0.25) is 0 Å². The van der Waals surface area contributed by atoms with Gasteiger partial charge in [-0.3, -0.25) is 4.79 Å². The van der Waals surface area contributed by atoms with Crippen molar-refractivity contribution in [1.82, 2.24) is 15.0 Å². The first-order valence-electron chi connectivity index (χ1n) is 12.4. The van der Waals surface area contributed by atoms with E-state index >= 15 is 0 Å². The Morgan fingerprint density at radius 1 is 0.658 bits per heavy atom. The van der Waals surface area contributed by atoms with Crippen molar-refractivity contribution in [3.05, 3.63) is 137 Å². The number of nitrogens with zero attached hydrogens (tertiary/aromatic N) is 2. The molecule has 0 spiro atoms. The van der Waals surface area contributed by atoms with Crippen molar-refractivity contribution in [3.63, 3.8) is 0 Å². The monoisotopic (exact) mass is 499 g/mol. The summed E-state index contributed by atoms with van der Waals surface area (Å²) in [6, 6.07) is 34.6. The van der Waals surface area contributed by atoms with E-state index in [1.54, 1.807) is 12.1 Å². The number of aromatic nitrogens is 3. The van der Waals surface area contributed by atoms with Crippen LogP contribution in [0.25, 0.3) is 21.9 Å². The van der Waals surface area contributed by atoms with Crippen LogP contribution in [-0.2, 0) is 24.6 Å². The SMILES string of the molecule is O=C(c1ccc(COCc2nc3ccccc3[nH]2)cc1)c1ccc(OCc2ccc3ccccc3n2)cc1. The quantitative estimate of drug-likeness (QED) is 0.226. The fourth-order valence-corrected chi connectivity index (χ4v) is 4.31. The number of carbonyl (C=O) groups excluding carboxylic acids is 1. The number of pyridine rings is 1. The lowest BCUT2D eigenvalue weighted by Gasteiger charge is -2.08. The molecule has 38 heavy (non-hydrogen) atoms. The second kappa shape index (κ2) is 10.7. The molecule has 0 atom stereocenters. The van der Waals surface area contributed by atoms with Crippen molar-refractivity contribution in [2.75, 3.05) is 0 Å². The minimum atomic E-state index is -0.0394. The molecule has 2 heterocycles. The molecule has 0 unspecified atom stereocenters. The minimum Gasteiger partial charge on any atom is -0.487 e. The summed E-state index contributed by atoms with van der Waals surface area (Å²) < 4.78 is 11.7. The van der Waals surface area contributed by atoms with Crippen LogP contribution in [0.2, 0.25) is 0 Å². The zero-order valence-electron chi connectivity index (χ0n) is 20.6. The Morgan fingerprint density at radius 3 is 2.16 bits per heavy atom. The number of fused-ring (bicyclic) bond motifs is 2. The first-order chi connectivity index (χ1) is 18.7. The number of aromatic amines is 1. The Bertz CT molecular complexity index is 1670. The van der Waals surface area contributed by atoms with Crippen molar-refractivity contribution in [3.8, 4) is 5.75 Å². The number of benzene rings is 4. The summed E-state index contributed by atoms with van der Waals surface area (Å²) in [5, 5.41) is 1.10. The second-order valence-electron chi connectivity index (χ2n) is 9.03. The zero-order valence-corrected chi connectivity index (χ0v) is 20.6. The summed E-state index contributed by atoms with van der Waals surface area (Å²) in [4.78, 5) is 25.4. The average molecular weight is 500 g/mol. The van der Waals surface area contributed by atoms with Crippen LogP contribution >= 0.6 is 0 Å². The summed E-state index contributed by atoms with van der Waals surface area (Å²) in [6.07, 6.45) is 0. The van der Waals surface area contributed by atoms with Gasteiger partial charge in [-0.05, 0) is 54.1 Å². The zero-order chi connectivity index (χ0) is 25.7. The van der Waals surface area contributed by atoms with E-state index in [2.05, 4.69) is 15.0 Å². The van der Waals surface area contributed by atoms with Gasteiger partial charge in [0.05, 0.1) is 28.9 Å². The van der Waals surface area contributed by atoms with Crippen molar-refractivity contribution in [1.29, 1.82) is 0 Å². The van der Waals surface area contributed by atoms with Crippen LogP contribution < -0.4 is 4.74 Å². The number of ketones is 1. The molecule has 0 aliphatic carbocycles. The van der Waals surface area contributed by atoms with Crippen molar-refractivity contribution in [2.45, 2.75) is 19.8 Å². The Labute approximate surface area is 219 Å². The van der Waals surface area contributed by atoms with Gasteiger partial charge in [0.15, 0.2) is 5.78 Å². The third kappa shape index (κ3) is 5.31. The molecule has 0 aliphatic rings. The summed E-state index contributed by atoms with van der Waals surface area (Å²) in [6.45, 7) is 1.18. The molecular weight excluding hydrogens is 474 g/mol. The van der Waals surface area contributed by atoms with Crippen LogP contribution in [0.1, 0.15) is 33.0 Å². The lowest BCUT2D eigenvalue weighted by molar-refractivity contribution is 0.102. The Kier molecular flexibility index (Phi) is 6.62. The molecule has 0 aliphatic heterocycles. The lowest BCUT2D eigenvalue weighted by Crippen LogP contribution is -2.03. The number of imidazole rings is 1. The number of para-hydroxylation sites is 3. The van der Waals surface area contributed by atoms with Crippen LogP contribution in [0.5, 0.6) is 5.75 Å². The topological polar surface area (TPSA) is 77.1 Å². The number of hydrogen-bond donors (Lipinski definition) is 1. The normalized spacial score (nSPS) is 11.2. The van der Waals surface area contributed by atoms with Gasteiger partial charge in [-0.15, -0.1) is 0 Å². The third-order valence-electron chi connectivity index (χ3n) is 6.32. The van der Waals surface area contributed by atoms with E-state index in [0.29, 0.717) is 36.7 Å². The van der Waals surface area contributed by atoms with Gasteiger partial charge in [-0.1, -0.05) is 60.7 Å². The van der Waals surface area contributed by atoms with Gasteiger partial charge >= 0.3 is 0 Å². The molecule has 6 rings (SSSR count). The molecule has 6 heteroatoms. The highest BCUT2D eigenvalue weighted by Gasteiger charge is 2.10. The summed E-state index contributed by atoms with van der Waals surface area (Å²) >= 11 is 0. The summed E-state index contributed by atoms with van der Waals surface area (Å²) in [5.74, 6) is 1.44. The number of H-pyrrole nitrogens is 1. The molecule has 6 aromatic rings. The molecule has 4 aromatic carbocycles. The van der Waals surface area contributed by atoms with Gasteiger partial charge < -0.3 is 14.5 Å². The number of carbonyl (C=O) groups is 1. The maximum Gasteiger partial charge on any atom is 0.193 e. The van der Waals surface area contributed by atoms with E-state index in [4.69, 9.17) is 9.47 Å². The fourth-order valence-electron chi connectivity index (χ4n) is 4.31. The second-order valence-corrected chi connectivity index (χ2v) is 9.03. The van der Waals surface area contributed by atoms with E-state index in [1.807, 2.05) is 97.1 Å². The highest BCUT2D eigenvalue weighted by atomic mass is 16.5. The van der Waals surface area contributed by atoms with Crippen LogP contribution in [0.15, 0.2) is 109 Å². The van der Waals surface area contributed by atoms with Crippen molar-refractivity contribution in [2.24, 2.45) is 0 Å². The van der Waals surface area contributed by atoms with Gasteiger partial charge in [0.25, 0.3) is 0 Å². The lowest BCUT2D eigenvalue weighted by atomic mass is 10.0. The van der Waals surface area contributed by atoms with Crippen molar-refractivity contribution < 1.29 is 14.3 Å². The number of rotatable bonds is 9. The van der Waals surface area contributed by atoms with E-state index in [-0.39, 0.29) is 5.78 Å². The van der Waals surface area contributed by atoms with Crippen molar-refractivity contribution >= 4 is 27.7 Å². The first-order valence-corrected chi connectivity index (χ1v) is 12.4. The Hall–Kier alpha value is -4.81. The van der Waals surface area contributed by atoms with Crippen LogP contribution in [0.4, 0.5) is 0 Å². The van der Waals surface area contributed by atoms with Crippen LogP contribution in [0, 0.1) is 0 Å². The predicted molar refractivity (Wildman–Crippen MR) is 147 cm³/mol. The van der Waals surface area contributed by atoms with E-state index in [0.717, 1.165) is 39.0 Å². The largest absolute Gasteiger partial charge is 0.487 e. The highest BCUT2D eigenvalue weighted by molar-refractivity contribution is 6.09. The third-order valence-corrected chi connectivity index (χ3v) is 6.32. The number of ether oxygens (including phenoxy) is 2. The van der Waals surface area contributed by atoms with Crippen LogP contribution in [0.3, 0.4) is 0 Å². The maximum absolute atomic E-state index is 13.0. The molecule has 2 aromatic heterocycles. The molecule has 0 saturated heterocycles. The Balaban J connectivity index is 1.02. The molecule has 0 radical (unpaired) electrons. The van der Waals surface area contributed by atoms with E-state index in [9.17, 15) is 4.79 Å². The molecule has 0 fully saturated rings. The first kappa shape index (κ1) is 23.6. The summed E-state index contributed by atoms with van der Waals surface area (Å²) in [7, 11) is 0. The molecule has 6 nitrogen and oxygen atoms in total. The van der Waals surface area contributed by atoms with Gasteiger partial charge in [0, 0.05) is 16.5 Å². The number of hydrogen-bond acceptors (Lipinski definition) is 5. The Morgan fingerprint density at radius 2 is 1.37 bits per heavy atom. The smallest absolute Gasteiger partial charge is 0.193 e. The fraction of sp³-hybridized carbons (Fsp3) is 0.0938. The predicted octanol–water partition coefficient (Wildman–Crippen LogP) is 6.64. The van der Waals surface area contributed by atoms with E-state index in [1.165, 1.54) is 0 Å². The molecule has 186 valence electrons. The molecule has 0 bridgehead atoms. The minimum absolute atomic E-state index is 0.0394. The molecule has 0 saturated carbocycles. The van der Waals surface area contributed by atoms with E-state index < -0.39 is 0 Å². The maximum atomic E-state index is 13.0. The molecule has 1 N–H and O–H groups in total. The molecule has 0 amide bonds. The van der Waals surface area contributed by atoms with Gasteiger partial charge in [0.1, 0.15) is 24.8 Å². The molecular formula is C32H25N3O3. The average Bonchev–Trinajstić information content (AvgIpc) is 3.39.